The zero-order valence-electron chi connectivity index (χ0n) is 7.40. The van der Waals surface area contributed by atoms with Crippen molar-refractivity contribution in [2.45, 2.75) is 0 Å². The summed E-state index contributed by atoms with van der Waals surface area (Å²) in [7, 11) is 0. The van der Waals surface area contributed by atoms with E-state index in [1.165, 1.54) is 0 Å². The normalized spacial score (nSPS) is 5.33. The topological polar surface area (TPSA) is 265 Å². The van der Waals surface area contributed by atoms with Gasteiger partial charge in [-0.1, -0.05) is 0 Å². The van der Waals surface area contributed by atoms with E-state index in [1.54, 1.807) is 0 Å². The van der Waals surface area contributed by atoms with Crippen LogP contribution in [0.15, 0.2) is 0 Å². The number of rotatable bonds is 0. The fourth-order valence-corrected chi connectivity index (χ4v) is 0. The Labute approximate surface area is 116 Å². The van der Waals surface area contributed by atoms with Gasteiger partial charge in [0, 0.05) is 0 Å². The Hall–Kier alpha value is -2.17. The van der Waals surface area contributed by atoms with E-state index in [9.17, 15) is 0 Å². The van der Waals surface area contributed by atoms with Crippen molar-refractivity contribution in [3.05, 3.63) is 61.3 Å². The third kappa shape index (κ3) is 481. The van der Waals surface area contributed by atoms with Gasteiger partial charge in [-0.3, -0.25) is 0 Å². The molecule has 108 valence electrons. The van der Waals surface area contributed by atoms with E-state index >= 15 is 0 Å². The predicted molar refractivity (Wildman–Crippen MR) is 41.4 cm³/mol. The van der Waals surface area contributed by atoms with Gasteiger partial charge in [-0.15, -0.1) is 0 Å². The molecule has 0 saturated carbocycles. The van der Waals surface area contributed by atoms with E-state index in [0.29, 0.717) is 0 Å². The van der Waals surface area contributed by atoms with Gasteiger partial charge >= 0.3 is 33.8 Å². The van der Waals surface area contributed by atoms with Gasteiger partial charge in [0.2, 0.25) is 0 Å². The van der Waals surface area contributed by atoms with Crippen LogP contribution in [0.5, 0.6) is 0 Å². The van der Waals surface area contributed by atoms with Gasteiger partial charge in [-0.05, 0) is 0 Å². The third-order valence-corrected chi connectivity index (χ3v) is 0. The van der Waals surface area contributed by atoms with Crippen LogP contribution in [-0.4, -0.2) is 20.3 Å². The van der Waals surface area contributed by atoms with Crippen LogP contribution in [0.25, 0.3) is 0 Å². The molecule has 0 unspecified atom stereocenters. The van der Waals surface area contributed by atoms with Crippen molar-refractivity contribution in [3.63, 3.8) is 0 Å². The molecule has 0 saturated heterocycles. The molecule has 0 fully saturated rings. The average Bonchev–Trinajstić information content (AvgIpc) is 1.76. The first-order valence-electron chi connectivity index (χ1n) is 2.19. The Bertz CT molecular complexity index is 164. The largest absolute Gasteiger partial charge is 2.00 e. The SMILES string of the molecule is O=[N+]([O-])[O-].O=[N+]([O-])[O-].O=[N+]([O-])[O-].O=[N+]([O-])[O-].[Co+2].[Mn+2]. The van der Waals surface area contributed by atoms with Crippen molar-refractivity contribution >= 4 is 0 Å². The van der Waals surface area contributed by atoms with Crippen molar-refractivity contribution < 1.29 is 54.2 Å². The summed E-state index contributed by atoms with van der Waals surface area (Å²) < 4.78 is 0. The Morgan fingerprint density at radius 2 is 0.444 bits per heavy atom. The standard InChI is InChI=1S/Co.Mn.4NO3/c;;4*2-1(3)4/q2*+2;4*-1. The Balaban J connectivity index is -0.0000000257. The van der Waals surface area contributed by atoms with Crippen LogP contribution < -0.4 is 0 Å². The molecule has 16 nitrogen and oxygen atoms in total. The molecule has 0 bridgehead atoms. The molecule has 0 aliphatic carbocycles. The number of hydrogen-bond acceptors (Lipinski definition) is 12. The summed E-state index contributed by atoms with van der Waals surface area (Å²) in [5, 5.41) is 59.0. The first-order valence-corrected chi connectivity index (χ1v) is 2.19. The van der Waals surface area contributed by atoms with Gasteiger partial charge in [-0.25, -0.2) is 0 Å². The molecule has 0 amide bonds. The van der Waals surface area contributed by atoms with Crippen molar-refractivity contribution in [1.82, 2.24) is 0 Å². The summed E-state index contributed by atoms with van der Waals surface area (Å²) in [6, 6.07) is 0. The molecule has 0 aromatic carbocycles. The Morgan fingerprint density at radius 1 is 0.444 bits per heavy atom. The molecular formula is CoMnN4O12. The van der Waals surface area contributed by atoms with Gasteiger partial charge in [0.15, 0.2) is 0 Å². The molecule has 0 rings (SSSR count). The second-order valence-corrected chi connectivity index (χ2v) is 0.894. The van der Waals surface area contributed by atoms with E-state index < -0.39 is 20.3 Å². The second kappa shape index (κ2) is 29.4. The summed E-state index contributed by atoms with van der Waals surface area (Å²) in [6.45, 7) is 0. The van der Waals surface area contributed by atoms with Crippen LogP contribution in [-0.2, 0) is 33.8 Å². The molecule has 0 N–H and O–H groups in total. The minimum Gasteiger partial charge on any atom is -0.356 e. The smallest absolute Gasteiger partial charge is 0.356 e. The fraction of sp³-hybridized carbons (Fsp3) is 0. The average molecular weight is 362 g/mol. The van der Waals surface area contributed by atoms with Crippen LogP contribution in [0.1, 0.15) is 0 Å². The molecule has 0 aromatic rings. The summed E-state index contributed by atoms with van der Waals surface area (Å²) in [6.07, 6.45) is 0. The molecular weight excluding hydrogens is 362 g/mol. The van der Waals surface area contributed by atoms with Crippen LogP contribution in [0.3, 0.4) is 0 Å². The molecule has 0 heterocycles. The Morgan fingerprint density at radius 3 is 0.444 bits per heavy atom. The van der Waals surface area contributed by atoms with E-state index in [2.05, 4.69) is 0 Å². The molecule has 0 aliphatic rings. The van der Waals surface area contributed by atoms with Crippen LogP contribution in [0.4, 0.5) is 0 Å². The predicted octanol–water partition coefficient (Wildman–Crippen LogP) is -0.961. The molecule has 2 radical (unpaired) electrons. The van der Waals surface area contributed by atoms with E-state index in [0.717, 1.165) is 0 Å². The quantitative estimate of drug-likeness (QED) is 0.286. The van der Waals surface area contributed by atoms with Crippen LogP contribution in [0.2, 0.25) is 0 Å². The van der Waals surface area contributed by atoms with Crippen molar-refractivity contribution in [3.8, 4) is 0 Å². The van der Waals surface area contributed by atoms with Gasteiger partial charge in [0.05, 0.1) is 20.3 Å². The molecule has 0 spiro atoms. The Kier molecular flexibility index (Phi) is 58.8. The van der Waals surface area contributed by atoms with Crippen molar-refractivity contribution in [2.75, 3.05) is 0 Å². The maximum absolute atomic E-state index is 8.25. The summed E-state index contributed by atoms with van der Waals surface area (Å²) in [5.41, 5.74) is 0. The monoisotopic (exact) mass is 362 g/mol. The van der Waals surface area contributed by atoms with E-state index in [1.807, 2.05) is 0 Å². The first kappa shape index (κ1) is 36.0. The number of nitrogens with zero attached hydrogens (tertiary/aromatic N) is 4. The van der Waals surface area contributed by atoms with Crippen LogP contribution in [0, 0.1) is 61.3 Å². The molecule has 0 atom stereocenters. The molecule has 18 heavy (non-hydrogen) atoms. The maximum atomic E-state index is 8.25. The summed E-state index contributed by atoms with van der Waals surface area (Å²) in [4.78, 5) is 33.0. The zero-order valence-corrected chi connectivity index (χ0v) is 9.62. The second-order valence-electron chi connectivity index (χ2n) is 0.894. The minimum absolute atomic E-state index is 0. The molecule has 0 aromatic heterocycles. The minimum atomic E-state index is -1.75. The van der Waals surface area contributed by atoms with E-state index in [4.69, 9.17) is 61.3 Å². The van der Waals surface area contributed by atoms with Crippen molar-refractivity contribution in [2.24, 2.45) is 0 Å². The van der Waals surface area contributed by atoms with Crippen molar-refractivity contribution in [1.29, 1.82) is 0 Å². The van der Waals surface area contributed by atoms with Gasteiger partial charge in [0.1, 0.15) is 0 Å². The van der Waals surface area contributed by atoms with E-state index in [-0.39, 0.29) is 33.8 Å². The third-order valence-electron chi connectivity index (χ3n) is 0. The molecule has 18 heteroatoms. The van der Waals surface area contributed by atoms with Gasteiger partial charge < -0.3 is 61.3 Å². The first-order chi connectivity index (χ1) is 6.93. The summed E-state index contributed by atoms with van der Waals surface area (Å²) in [5.74, 6) is 0. The van der Waals surface area contributed by atoms with Gasteiger partial charge in [0.25, 0.3) is 0 Å². The van der Waals surface area contributed by atoms with Gasteiger partial charge in [-0.2, -0.15) is 0 Å². The molecule has 0 aliphatic heterocycles. The zero-order chi connectivity index (χ0) is 14.3. The summed E-state index contributed by atoms with van der Waals surface area (Å²) >= 11 is 0. The van der Waals surface area contributed by atoms with Crippen LogP contribution >= 0.6 is 0 Å². The fourth-order valence-electron chi connectivity index (χ4n) is 0. The maximum Gasteiger partial charge on any atom is 2.00 e. The number of hydrogen-bond donors (Lipinski definition) is 0.